The number of oxazole rings is 1. The van der Waals surface area contributed by atoms with Crippen molar-refractivity contribution in [3.05, 3.63) is 53.7 Å². The monoisotopic (exact) mass is 272 g/mol. The van der Waals surface area contributed by atoms with Crippen LogP contribution in [0.5, 0.6) is 5.75 Å². The number of hydrogen-bond acceptors (Lipinski definition) is 4. The molecule has 0 bridgehead atoms. The van der Waals surface area contributed by atoms with Crippen LogP contribution in [0, 0.1) is 12.7 Å². The molecular weight excluding hydrogens is 259 g/mol. The Morgan fingerprint density at radius 2 is 2.05 bits per heavy atom. The normalized spacial score (nSPS) is 10.9. The van der Waals surface area contributed by atoms with E-state index in [0.29, 0.717) is 28.2 Å². The fourth-order valence-electron chi connectivity index (χ4n) is 1.95. The van der Waals surface area contributed by atoms with E-state index in [0.717, 1.165) is 0 Å². The number of nitrogen functional groups attached to an aromatic ring is 1. The summed E-state index contributed by atoms with van der Waals surface area (Å²) in [5.41, 5.74) is 8.05. The lowest BCUT2D eigenvalue weighted by atomic mass is 10.2. The molecule has 1 aromatic heterocycles. The molecule has 3 aromatic rings. The minimum atomic E-state index is -0.372. The molecule has 0 atom stereocenters. The van der Waals surface area contributed by atoms with Gasteiger partial charge in [-0.25, -0.2) is 9.37 Å². The summed E-state index contributed by atoms with van der Waals surface area (Å²) in [5, 5.41) is 0. The van der Waals surface area contributed by atoms with Crippen molar-refractivity contribution in [3.8, 4) is 5.75 Å². The second-order valence-corrected chi connectivity index (χ2v) is 4.48. The van der Waals surface area contributed by atoms with E-state index in [1.807, 2.05) is 0 Å². The largest absolute Gasteiger partial charge is 0.481 e. The van der Waals surface area contributed by atoms with Crippen molar-refractivity contribution in [2.45, 2.75) is 13.5 Å². The average Bonchev–Trinajstić information content (AvgIpc) is 2.85. The van der Waals surface area contributed by atoms with Crippen LogP contribution in [-0.4, -0.2) is 4.98 Å². The Bertz CT molecular complexity index is 768. The van der Waals surface area contributed by atoms with Crippen molar-refractivity contribution in [1.82, 2.24) is 4.98 Å². The average molecular weight is 272 g/mol. The van der Waals surface area contributed by atoms with Gasteiger partial charge in [0.1, 0.15) is 5.52 Å². The highest BCUT2D eigenvalue weighted by atomic mass is 19.1. The molecule has 2 N–H and O–H groups in total. The van der Waals surface area contributed by atoms with Gasteiger partial charge < -0.3 is 14.9 Å². The van der Waals surface area contributed by atoms with E-state index in [1.54, 1.807) is 43.3 Å². The third-order valence-electron chi connectivity index (χ3n) is 3.00. The van der Waals surface area contributed by atoms with Gasteiger partial charge in [-0.2, -0.15) is 0 Å². The first-order chi connectivity index (χ1) is 9.65. The van der Waals surface area contributed by atoms with Gasteiger partial charge in [0.25, 0.3) is 0 Å². The molecule has 5 heteroatoms. The third kappa shape index (κ3) is 2.18. The Kier molecular flexibility index (Phi) is 3.02. The van der Waals surface area contributed by atoms with Crippen LogP contribution in [0.15, 0.2) is 40.8 Å². The number of halogens is 1. The van der Waals surface area contributed by atoms with Crippen LogP contribution >= 0.6 is 0 Å². The number of hydrogen-bond donors (Lipinski definition) is 1. The first-order valence-corrected chi connectivity index (χ1v) is 6.17. The lowest BCUT2D eigenvalue weighted by molar-refractivity contribution is 0.255. The number of benzene rings is 2. The first kappa shape index (κ1) is 12.5. The molecular formula is C15H13FN2O2. The lowest BCUT2D eigenvalue weighted by Gasteiger charge is -2.06. The first-order valence-electron chi connectivity index (χ1n) is 6.17. The van der Waals surface area contributed by atoms with Crippen LogP contribution < -0.4 is 10.5 Å². The number of aryl methyl sites for hydroxylation is 1. The molecule has 4 nitrogen and oxygen atoms in total. The number of para-hydroxylation sites is 1. The molecule has 0 saturated heterocycles. The summed E-state index contributed by atoms with van der Waals surface area (Å²) in [6.45, 7) is 1.73. The lowest BCUT2D eigenvalue weighted by Crippen LogP contribution is -1.98. The highest BCUT2D eigenvalue weighted by molar-refractivity contribution is 5.85. The molecule has 1 heterocycles. The quantitative estimate of drug-likeness (QED) is 0.742. The zero-order chi connectivity index (χ0) is 14.1. The summed E-state index contributed by atoms with van der Waals surface area (Å²) in [4.78, 5) is 4.24. The minimum Gasteiger partial charge on any atom is -0.481 e. The zero-order valence-corrected chi connectivity index (χ0v) is 10.9. The standard InChI is InChI=1S/C15H13FN2O2/c1-9-4-2-6-11(14(9)16)19-8-13-18-15-10(17)5-3-7-12(15)20-13/h2-7H,8,17H2,1H3. The molecule has 0 spiro atoms. The third-order valence-corrected chi connectivity index (χ3v) is 3.00. The van der Waals surface area contributed by atoms with Gasteiger partial charge in [0.15, 0.2) is 23.8 Å². The topological polar surface area (TPSA) is 61.3 Å². The van der Waals surface area contributed by atoms with Crippen LogP contribution in [0.4, 0.5) is 10.1 Å². The van der Waals surface area contributed by atoms with Crippen LogP contribution in [0.2, 0.25) is 0 Å². The molecule has 0 amide bonds. The molecule has 3 rings (SSSR count). The van der Waals surface area contributed by atoms with E-state index in [2.05, 4.69) is 4.98 Å². The Labute approximate surface area is 115 Å². The van der Waals surface area contributed by atoms with E-state index >= 15 is 0 Å². The maximum absolute atomic E-state index is 13.8. The molecule has 0 fully saturated rings. The van der Waals surface area contributed by atoms with Crippen molar-refractivity contribution in [1.29, 1.82) is 0 Å². The Morgan fingerprint density at radius 1 is 1.25 bits per heavy atom. The summed E-state index contributed by atoms with van der Waals surface area (Å²) in [6.07, 6.45) is 0. The van der Waals surface area contributed by atoms with E-state index in [1.165, 1.54) is 0 Å². The van der Waals surface area contributed by atoms with Crippen molar-refractivity contribution in [2.24, 2.45) is 0 Å². The van der Waals surface area contributed by atoms with E-state index in [4.69, 9.17) is 14.9 Å². The van der Waals surface area contributed by atoms with Crippen molar-refractivity contribution in [2.75, 3.05) is 5.73 Å². The zero-order valence-electron chi connectivity index (χ0n) is 10.9. The molecule has 102 valence electrons. The van der Waals surface area contributed by atoms with E-state index < -0.39 is 0 Å². The van der Waals surface area contributed by atoms with Crippen molar-refractivity contribution in [3.63, 3.8) is 0 Å². The van der Waals surface area contributed by atoms with Gasteiger partial charge in [0, 0.05) is 0 Å². The minimum absolute atomic E-state index is 0.0501. The molecule has 0 aliphatic heterocycles. The predicted octanol–water partition coefficient (Wildman–Crippen LogP) is 3.44. The number of fused-ring (bicyclic) bond motifs is 1. The number of nitrogens with zero attached hydrogens (tertiary/aromatic N) is 1. The summed E-state index contributed by atoms with van der Waals surface area (Å²) in [7, 11) is 0. The Balaban J connectivity index is 1.83. The summed E-state index contributed by atoms with van der Waals surface area (Å²) in [5.74, 6) is 0.169. The fraction of sp³-hybridized carbons (Fsp3) is 0.133. The molecule has 0 aliphatic carbocycles. The van der Waals surface area contributed by atoms with Gasteiger partial charge in [-0.1, -0.05) is 18.2 Å². The van der Waals surface area contributed by atoms with Crippen LogP contribution in [0.1, 0.15) is 11.5 Å². The number of nitrogens with two attached hydrogens (primary N) is 1. The van der Waals surface area contributed by atoms with Gasteiger partial charge in [-0.3, -0.25) is 0 Å². The molecule has 2 aromatic carbocycles. The highest BCUT2D eigenvalue weighted by Crippen LogP contribution is 2.24. The second kappa shape index (κ2) is 4.85. The molecule has 0 radical (unpaired) electrons. The van der Waals surface area contributed by atoms with Gasteiger partial charge in [-0.05, 0) is 30.7 Å². The van der Waals surface area contributed by atoms with E-state index in [9.17, 15) is 4.39 Å². The summed E-state index contributed by atoms with van der Waals surface area (Å²) in [6, 6.07) is 10.3. The maximum atomic E-state index is 13.8. The van der Waals surface area contributed by atoms with Gasteiger partial charge in [0.05, 0.1) is 5.69 Å². The maximum Gasteiger partial charge on any atom is 0.233 e. The van der Waals surface area contributed by atoms with Crippen LogP contribution in [-0.2, 0) is 6.61 Å². The number of aromatic nitrogens is 1. The Hall–Kier alpha value is -2.56. The molecule has 0 saturated carbocycles. The van der Waals surface area contributed by atoms with Gasteiger partial charge >= 0.3 is 0 Å². The van der Waals surface area contributed by atoms with Crippen LogP contribution in [0.3, 0.4) is 0 Å². The van der Waals surface area contributed by atoms with Gasteiger partial charge in [0.2, 0.25) is 5.89 Å². The summed E-state index contributed by atoms with van der Waals surface area (Å²) < 4.78 is 24.7. The van der Waals surface area contributed by atoms with Crippen LogP contribution in [0.25, 0.3) is 11.1 Å². The van der Waals surface area contributed by atoms with Crippen molar-refractivity contribution < 1.29 is 13.5 Å². The molecule has 20 heavy (non-hydrogen) atoms. The van der Waals surface area contributed by atoms with Crippen molar-refractivity contribution >= 4 is 16.8 Å². The molecule has 0 aliphatic rings. The number of ether oxygens (including phenoxy) is 1. The highest BCUT2D eigenvalue weighted by Gasteiger charge is 2.11. The number of anilines is 1. The summed E-state index contributed by atoms with van der Waals surface area (Å²) >= 11 is 0. The smallest absolute Gasteiger partial charge is 0.233 e. The SMILES string of the molecule is Cc1cccc(OCc2nc3c(N)cccc3o2)c1F. The molecule has 0 unspecified atom stereocenters. The van der Waals surface area contributed by atoms with Gasteiger partial charge in [-0.15, -0.1) is 0 Å². The second-order valence-electron chi connectivity index (χ2n) is 4.48. The Morgan fingerprint density at radius 3 is 2.85 bits per heavy atom. The predicted molar refractivity (Wildman–Crippen MR) is 73.9 cm³/mol. The van der Waals surface area contributed by atoms with E-state index in [-0.39, 0.29) is 18.2 Å². The number of rotatable bonds is 3. The fourth-order valence-corrected chi connectivity index (χ4v) is 1.95.